The lowest BCUT2D eigenvalue weighted by Crippen LogP contribution is -1.91. The van der Waals surface area contributed by atoms with E-state index in [2.05, 4.69) is 12.2 Å². The first-order valence-corrected chi connectivity index (χ1v) is 4.42. The molecule has 0 aliphatic heterocycles. The van der Waals surface area contributed by atoms with Crippen LogP contribution in [0.3, 0.4) is 0 Å². The Morgan fingerprint density at radius 3 is 1.43 bits per heavy atom. The molecule has 0 saturated carbocycles. The van der Waals surface area contributed by atoms with Gasteiger partial charge in [-0.05, 0) is 25.7 Å². The molecule has 4 heteroatoms. The van der Waals surface area contributed by atoms with Crippen molar-refractivity contribution in [2.75, 3.05) is 0 Å². The van der Waals surface area contributed by atoms with E-state index in [1.165, 1.54) is 25.7 Å². The Bertz CT molecular complexity index is 217. The fraction of sp³-hybridized carbons (Fsp3) is 0.400. The van der Waals surface area contributed by atoms with E-state index in [4.69, 9.17) is 10.2 Å². The minimum atomic E-state index is -1.26. The van der Waals surface area contributed by atoms with Crippen LogP contribution in [0, 0.1) is 0 Å². The molecule has 14 heavy (non-hydrogen) atoms. The number of aliphatic carboxylic acids is 2. The molecule has 0 atom stereocenters. The van der Waals surface area contributed by atoms with Gasteiger partial charge in [0.25, 0.3) is 0 Å². The van der Waals surface area contributed by atoms with E-state index in [1.54, 1.807) is 0 Å². The molecule has 0 aromatic carbocycles. The summed E-state index contributed by atoms with van der Waals surface area (Å²) in [6.07, 6.45) is 11.1. The molecule has 0 amide bonds. The summed E-state index contributed by atoms with van der Waals surface area (Å²) in [4.78, 5) is 19.1. The molecule has 1 aliphatic carbocycles. The average molecular weight is 198 g/mol. The van der Waals surface area contributed by atoms with Crippen molar-refractivity contribution in [3.8, 4) is 0 Å². The molecular weight excluding hydrogens is 184 g/mol. The smallest absolute Gasteiger partial charge is 0.328 e. The zero-order chi connectivity index (χ0) is 10.8. The molecule has 0 heterocycles. The van der Waals surface area contributed by atoms with E-state index in [0.717, 1.165) is 0 Å². The molecule has 0 spiro atoms. The molecule has 1 rings (SSSR count). The van der Waals surface area contributed by atoms with Crippen molar-refractivity contribution >= 4 is 11.9 Å². The molecule has 78 valence electrons. The van der Waals surface area contributed by atoms with Gasteiger partial charge in [0, 0.05) is 12.2 Å². The van der Waals surface area contributed by atoms with Gasteiger partial charge in [0.1, 0.15) is 0 Å². The van der Waals surface area contributed by atoms with Gasteiger partial charge in [-0.1, -0.05) is 12.2 Å². The summed E-state index contributed by atoms with van der Waals surface area (Å²) in [5.74, 6) is -2.51. The lowest BCUT2D eigenvalue weighted by Gasteiger charge is -1.97. The van der Waals surface area contributed by atoms with Gasteiger partial charge in [-0.15, -0.1) is 0 Å². The maximum Gasteiger partial charge on any atom is 0.328 e. The number of carbonyl (C=O) groups is 2. The van der Waals surface area contributed by atoms with Gasteiger partial charge in [-0.3, -0.25) is 0 Å². The molecule has 2 N–H and O–H groups in total. The second kappa shape index (κ2) is 8.04. The maximum absolute atomic E-state index is 9.55. The minimum Gasteiger partial charge on any atom is -0.478 e. The molecule has 4 nitrogen and oxygen atoms in total. The van der Waals surface area contributed by atoms with Crippen LogP contribution in [0.4, 0.5) is 0 Å². The Kier molecular flexibility index (Phi) is 7.13. The summed E-state index contributed by atoms with van der Waals surface area (Å²) in [5.41, 5.74) is 0. The highest BCUT2D eigenvalue weighted by molar-refractivity contribution is 5.89. The predicted molar refractivity (Wildman–Crippen MR) is 52.0 cm³/mol. The van der Waals surface area contributed by atoms with Crippen LogP contribution in [-0.2, 0) is 9.59 Å². The topological polar surface area (TPSA) is 74.6 Å². The van der Waals surface area contributed by atoms with Crippen molar-refractivity contribution in [1.29, 1.82) is 0 Å². The monoisotopic (exact) mass is 198 g/mol. The fourth-order valence-electron chi connectivity index (χ4n) is 0.903. The Labute approximate surface area is 82.6 Å². The summed E-state index contributed by atoms with van der Waals surface area (Å²) in [5, 5.41) is 15.6. The van der Waals surface area contributed by atoms with Gasteiger partial charge in [-0.2, -0.15) is 0 Å². The minimum absolute atomic E-state index is 0.558. The standard InChI is InChI=1S/C6H10.C4H4O4/c1-2-4-6-5-3-1;5-3(6)1-2-4(7)8/h1-2H,3-6H2;1-2H,(H,5,6)(H,7,8). The third-order valence-corrected chi connectivity index (χ3v) is 1.53. The van der Waals surface area contributed by atoms with Gasteiger partial charge in [0.15, 0.2) is 0 Å². The van der Waals surface area contributed by atoms with Crippen molar-refractivity contribution in [3.63, 3.8) is 0 Å². The molecule has 0 bridgehead atoms. The third-order valence-electron chi connectivity index (χ3n) is 1.53. The molecular formula is C10H14O4. The zero-order valence-corrected chi connectivity index (χ0v) is 7.85. The van der Waals surface area contributed by atoms with Crippen molar-refractivity contribution in [3.05, 3.63) is 24.3 Å². The number of rotatable bonds is 2. The Hall–Kier alpha value is -1.58. The summed E-state index contributed by atoms with van der Waals surface area (Å²) in [7, 11) is 0. The Balaban J connectivity index is 0.000000249. The molecule has 0 fully saturated rings. The zero-order valence-electron chi connectivity index (χ0n) is 7.85. The Morgan fingerprint density at radius 1 is 0.929 bits per heavy atom. The highest BCUT2D eigenvalue weighted by Crippen LogP contribution is 2.07. The fourth-order valence-corrected chi connectivity index (χ4v) is 0.903. The number of carboxylic acid groups (broad SMARTS) is 2. The lowest BCUT2D eigenvalue weighted by molar-refractivity contribution is -0.134. The van der Waals surface area contributed by atoms with Crippen molar-refractivity contribution in [2.45, 2.75) is 25.7 Å². The first kappa shape index (κ1) is 12.4. The van der Waals surface area contributed by atoms with E-state index >= 15 is 0 Å². The van der Waals surface area contributed by atoms with Crippen LogP contribution in [-0.4, -0.2) is 22.2 Å². The highest BCUT2D eigenvalue weighted by Gasteiger charge is 1.88. The molecule has 0 saturated heterocycles. The molecule has 0 radical (unpaired) electrons. The third kappa shape index (κ3) is 10.4. The van der Waals surface area contributed by atoms with Crippen LogP contribution >= 0.6 is 0 Å². The summed E-state index contributed by atoms with van der Waals surface area (Å²) in [6, 6.07) is 0. The van der Waals surface area contributed by atoms with Crippen LogP contribution in [0.15, 0.2) is 24.3 Å². The van der Waals surface area contributed by atoms with E-state index in [9.17, 15) is 9.59 Å². The van der Waals surface area contributed by atoms with E-state index in [1.807, 2.05) is 0 Å². The maximum atomic E-state index is 9.55. The quantitative estimate of drug-likeness (QED) is 0.524. The van der Waals surface area contributed by atoms with Gasteiger partial charge in [0.2, 0.25) is 0 Å². The average Bonchev–Trinajstić information content (AvgIpc) is 2.18. The summed E-state index contributed by atoms with van der Waals surface area (Å²) >= 11 is 0. The molecule has 0 aromatic heterocycles. The van der Waals surface area contributed by atoms with E-state index in [-0.39, 0.29) is 0 Å². The van der Waals surface area contributed by atoms with Gasteiger partial charge in [0.05, 0.1) is 0 Å². The van der Waals surface area contributed by atoms with Crippen molar-refractivity contribution < 1.29 is 19.8 Å². The second-order valence-electron chi connectivity index (χ2n) is 2.77. The molecule has 0 unspecified atom stereocenters. The van der Waals surface area contributed by atoms with Crippen LogP contribution in [0.5, 0.6) is 0 Å². The van der Waals surface area contributed by atoms with Crippen molar-refractivity contribution in [2.24, 2.45) is 0 Å². The summed E-state index contributed by atoms with van der Waals surface area (Å²) in [6.45, 7) is 0. The van der Waals surface area contributed by atoms with Crippen LogP contribution < -0.4 is 0 Å². The van der Waals surface area contributed by atoms with Gasteiger partial charge in [-0.25, -0.2) is 9.59 Å². The number of hydrogen-bond donors (Lipinski definition) is 2. The first-order chi connectivity index (χ1) is 6.63. The highest BCUT2D eigenvalue weighted by atomic mass is 16.4. The number of allylic oxidation sites excluding steroid dienone is 2. The van der Waals surface area contributed by atoms with Gasteiger partial charge < -0.3 is 10.2 Å². The lowest BCUT2D eigenvalue weighted by atomic mass is 10.1. The normalized spacial score (nSPS) is 14.6. The Morgan fingerprint density at radius 2 is 1.29 bits per heavy atom. The van der Waals surface area contributed by atoms with Crippen LogP contribution in [0.2, 0.25) is 0 Å². The SMILES string of the molecule is C1=CCCCC1.O=C(O)C=CC(=O)O. The first-order valence-electron chi connectivity index (χ1n) is 4.42. The van der Waals surface area contributed by atoms with Gasteiger partial charge >= 0.3 is 11.9 Å². The van der Waals surface area contributed by atoms with E-state index < -0.39 is 11.9 Å². The van der Waals surface area contributed by atoms with Crippen molar-refractivity contribution in [1.82, 2.24) is 0 Å². The largest absolute Gasteiger partial charge is 0.478 e. The number of hydrogen-bond acceptors (Lipinski definition) is 2. The van der Waals surface area contributed by atoms with Crippen LogP contribution in [0.1, 0.15) is 25.7 Å². The van der Waals surface area contributed by atoms with Crippen LogP contribution in [0.25, 0.3) is 0 Å². The second-order valence-corrected chi connectivity index (χ2v) is 2.77. The summed E-state index contributed by atoms with van der Waals surface area (Å²) < 4.78 is 0. The molecule has 0 aromatic rings. The molecule has 1 aliphatic rings. The van der Waals surface area contributed by atoms with E-state index in [0.29, 0.717) is 12.2 Å². The number of carboxylic acids is 2. The predicted octanol–water partition coefficient (Wildman–Crippen LogP) is 1.83.